The summed E-state index contributed by atoms with van der Waals surface area (Å²) in [5.74, 6) is 0.459. The Morgan fingerprint density at radius 3 is 1.12 bits per heavy atom. The summed E-state index contributed by atoms with van der Waals surface area (Å²) in [6, 6.07) is 31.0. The van der Waals surface area contributed by atoms with E-state index in [2.05, 4.69) is 0 Å². The van der Waals surface area contributed by atoms with Gasteiger partial charge < -0.3 is 20.4 Å². The van der Waals surface area contributed by atoms with Crippen molar-refractivity contribution in [2.45, 2.75) is 12.2 Å². The molecule has 0 saturated heterocycles. The van der Waals surface area contributed by atoms with E-state index in [1.165, 1.54) is 0 Å². The molecule has 0 fully saturated rings. The van der Waals surface area contributed by atoms with Gasteiger partial charge in [0.1, 0.15) is 11.5 Å². The Bertz CT molecular complexity index is 2080. The molecule has 0 aliphatic heterocycles. The second-order valence-corrected chi connectivity index (χ2v) is 10.7. The predicted molar refractivity (Wildman–Crippen MR) is 163 cm³/mol. The van der Waals surface area contributed by atoms with E-state index in [1.54, 1.807) is 36.4 Å². The average molecular weight is 521 g/mol. The van der Waals surface area contributed by atoms with Crippen LogP contribution in [0.3, 0.4) is 0 Å². The van der Waals surface area contributed by atoms with Crippen LogP contribution in [0.4, 0.5) is 0 Å². The molecule has 4 heteroatoms. The van der Waals surface area contributed by atoms with E-state index in [4.69, 9.17) is 0 Å². The third-order valence-corrected chi connectivity index (χ3v) is 8.35. The molecular weight excluding hydrogens is 496 g/mol. The fraction of sp³-hybridized carbons (Fsp3) is 0.0556. The molecule has 2 atom stereocenters. The minimum atomic E-state index is -0.921. The summed E-state index contributed by atoms with van der Waals surface area (Å²) < 4.78 is 0. The van der Waals surface area contributed by atoms with Crippen molar-refractivity contribution < 1.29 is 20.4 Å². The highest BCUT2D eigenvalue weighted by atomic mass is 16.3. The van der Waals surface area contributed by atoms with E-state index in [-0.39, 0.29) is 11.5 Å². The lowest BCUT2D eigenvalue weighted by Gasteiger charge is -2.17. The molecule has 0 bridgehead atoms. The highest BCUT2D eigenvalue weighted by Gasteiger charge is 2.17. The lowest BCUT2D eigenvalue weighted by Crippen LogP contribution is -1.99. The smallest absolute Gasteiger partial charge is 0.116 e. The lowest BCUT2D eigenvalue weighted by atomic mass is 9.89. The molecule has 8 aromatic rings. The standard InChI is InChI=1S/C36H24O4/c37-25-15-21-3-1-19-5-9-27(29-11-7-23(17-25)33(21)35(19)29)31(39)13-14-32(40)28-10-6-20-2-4-22-16-26(38)18-24-8-12-30(28)36(20)34(22)24/h1-18,31-32,37-40H. The van der Waals surface area contributed by atoms with Crippen LogP contribution in [0.5, 0.6) is 11.5 Å². The van der Waals surface area contributed by atoms with Crippen LogP contribution >= 0.6 is 0 Å². The topological polar surface area (TPSA) is 80.9 Å². The van der Waals surface area contributed by atoms with E-state index in [0.717, 1.165) is 75.8 Å². The molecule has 0 aliphatic carbocycles. The van der Waals surface area contributed by atoms with Gasteiger partial charge in [0.2, 0.25) is 0 Å². The highest BCUT2D eigenvalue weighted by Crippen LogP contribution is 2.41. The SMILES string of the molecule is Oc1cc2ccc3ccc(C(O)C=CC(O)c4ccc5ccc6cc(O)cc7ccc4c5c67)c4ccc(c1)c2c34. The van der Waals surface area contributed by atoms with Gasteiger partial charge in [-0.2, -0.15) is 0 Å². The van der Waals surface area contributed by atoms with Crippen molar-refractivity contribution in [2.24, 2.45) is 0 Å². The summed E-state index contributed by atoms with van der Waals surface area (Å²) >= 11 is 0. The highest BCUT2D eigenvalue weighted by molar-refractivity contribution is 6.25. The molecule has 0 saturated carbocycles. The van der Waals surface area contributed by atoms with Gasteiger partial charge in [0.05, 0.1) is 12.2 Å². The van der Waals surface area contributed by atoms with E-state index in [9.17, 15) is 20.4 Å². The number of rotatable bonds is 4. The van der Waals surface area contributed by atoms with Crippen molar-refractivity contribution in [3.8, 4) is 11.5 Å². The first-order chi connectivity index (χ1) is 19.5. The first kappa shape index (κ1) is 23.0. The summed E-state index contributed by atoms with van der Waals surface area (Å²) in [5, 5.41) is 54.9. The second-order valence-electron chi connectivity index (χ2n) is 10.7. The molecule has 2 unspecified atom stereocenters. The number of phenols is 2. The van der Waals surface area contributed by atoms with Gasteiger partial charge >= 0.3 is 0 Å². The van der Waals surface area contributed by atoms with E-state index >= 15 is 0 Å². The van der Waals surface area contributed by atoms with Crippen molar-refractivity contribution in [1.82, 2.24) is 0 Å². The van der Waals surface area contributed by atoms with Crippen LogP contribution < -0.4 is 0 Å². The maximum Gasteiger partial charge on any atom is 0.116 e. The normalized spacial score (nSPS) is 14.2. The molecule has 0 heterocycles. The van der Waals surface area contributed by atoms with Gasteiger partial charge in [-0.25, -0.2) is 0 Å². The second kappa shape index (κ2) is 8.30. The van der Waals surface area contributed by atoms with Crippen molar-refractivity contribution >= 4 is 64.6 Å². The fourth-order valence-corrected chi connectivity index (χ4v) is 6.58. The number of aliphatic hydroxyl groups excluding tert-OH is 2. The van der Waals surface area contributed by atoms with Crippen LogP contribution in [0.25, 0.3) is 64.6 Å². The Kier molecular flexibility index (Phi) is 4.78. The third-order valence-electron chi connectivity index (χ3n) is 8.35. The van der Waals surface area contributed by atoms with Gasteiger partial charge in [-0.15, -0.1) is 0 Å². The molecule has 4 N–H and O–H groups in total. The van der Waals surface area contributed by atoms with Crippen LogP contribution in [0, 0.1) is 0 Å². The average Bonchev–Trinajstić information content (AvgIpc) is 2.96. The van der Waals surface area contributed by atoms with E-state index in [1.807, 2.05) is 72.8 Å². The number of aromatic hydroxyl groups is 2. The van der Waals surface area contributed by atoms with Crippen molar-refractivity contribution in [3.05, 3.63) is 120 Å². The Morgan fingerprint density at radius 1 is 0.400 bits per heavy atom. The summed E-state index contributed by atoms with van der Waals surface area (Å²) in [7, 11) is 0. The first-order valence-electron chi connectivity index (χ1n) is 13.3. The lowest BCUT2D eigenvalue weighted by molar-refractivity contribution is 0.213. The van der Waals surface area contributed by atoms with Crippen LogP contribution in [0.15, 0.2) is 109 Å². The minimum absolute atomic E-state index is 0.230. The Morgan fingerprint density at radius 2 is 0.725 bits per heavy atom. The number of hydrogen-bond donors (Lipinski definition) is 4. The maximum absolute atomic E-state index is 11.3. The summed E-state index contributed by atoms with van der Waals surface area (Å²) in [6.07, 6.45) is 1.46. The maximum atomic E-state index is 11.3. The molecule has 0 aromatic heterocycles. The van der Waals surface area contributed by atoms with Gasteiger partial charge in [0.15, 0.2) is 0 Å². The predicted octanol–water partition coefficient (Wildman–Crippen LogP) is 8.22. The Labute approximate surface area is 228 Å². The zero-order chi connectivity index (χ0) is 27.1. The molecule has 0 amide bonds. The Hall–Kier alpha value is -4.90. The fourth-order valence-electron chi connectivity index (χ4n) is 6.58. The summed E-state index contributed by atoms with van der Waals surface area (Å²) in [6.45, 7) is 0. The number of hydrogen-bond acceptors (Lipinski definition) is 4. The van der Waals surface area contributed by atoms with Crippen molar-refractivity contribution in [2.75, 3.05) is 0 Å². The first-order valence-corrected chi connectivity index (χ1v) is 13.3. The van der Waals surface area contributed by atoms with Gasteiger partial charge in [-0.3, -0.25) is 0 Å². The van der Waals surface area contributed by atoms with Crippen LogP contribution in [-0.4, -0.2) is 20.4 Å². The van der Waals surface area contributed by atoms with Crippen LogP contribution in [0.1, 0.15) is 23.3 Å². The number of aliphatic hydroxyl groups is 2. The van der Waals surface area contributed by atoms with E-state index < -0.39 is 12.2 Å². The molecule has 0 radical (unpaired) electrons. The summed E-state index contributed by atoms with van der Waals surface area (Å²) in [5.41, 5.74) is 1.52. The number of benzene rings is 8. The summed E-state index contributed by atoms with van der Waals surface area (Å²) in [4.78, 5) is 0. The van der Waals surface area contributed by atoms with E-state index in [0.29, 0.717) is 0 Å². The third kappa shape index (κ3) is 3.27. The quantitative estimate of drug-likeness (QED) is 0.139. The molecule has 8 aromatic carbocycles. The van der Waals surface area contributed by atoms with Gasteiger partial charge in [0, 0.05) is 0 Å². The molecule has 8 rings (SSSR count). The molecule has 0 spiro atoms. The van der Waals surface area contributed by atoms with Crippen molar-refractivity contribution in [1.29, 1.82) is 0 Å². The molecular formula is C36H24O4. The largest absolute Gasteiger partial charge is 0.508 e. The molecule has 0 aliphatic rings. The Balaban J connectivity index is 1.21. The van der Waals surface area contributed by atoms with Gasteiger partial charge in [-0.1, -0.05) is 84.9 Å². The van der Waals surface area contributed by atoms with Crippen LogP contribution in [0.2, 0.25) is 0 Å². The molecule has 192 valence electrons. The number of phenolic OH excluding ortho intramolecular Hbond substituents is 2. The molecule has 40 heavy (non-hydrogen) atoms. The molecule has 4 nitrogen and oxygen atoms in total. The zero-order valence-corrected chi connectivity index (χ0v) is 21.3. The van der Waals surface area contributed by atoms with Gasteiger partial charge in [0.25, 0.3) is 0 Å². The zero-order valence-electron chi connectivity index (χ0n) is 21.3. The monoisotopic (exact) mass is 520 g/mol. The van der Waals surface area contributed by atoms with Gasteiger partial charge in [-0.05, 0) is 100 Å². The van der Waals surface area contributed by atoms with Crippen molar-refractivity contribution in [3.63, 3.8) is 0 Å². The van der Waals surface area contributed by atoms with Crippen LogP contribution in [-0.2, 0) is 0 Å². The minimum Gasteiger partial charge on any atom is -0.508 e.